The van der Waals surface area contributed by atoms with Gasteiger partial charge in [-0.15, -0.1) is 0 Å². The summed E-state index contributed by atoms with van der Waals surface area (Å²) in [6.45, 7) is 4.80. The van der Waals surface area contributed by atoms with Crippen LogP contribution in [-0.4, -0.2) is 21.4 Å². The predicted molar refractivity (Wildman–Crippen MR) is 94.9 cm³/mol. The number of hydrogen-bond donors (Lipinski definition) is 0. The third-order valence-electron chi connectivity index (χ3n) is 4.86. The Morgan fingerprint density at radius 1 is 1.36 bits per heavy atom. The second kappa shape index (κ2) is 6.06. The van der Waals surface area contributed by atoms with Gasteiger partial charge in [0, 0.05) is 17.9 Å². The Balaban J connectivity index is 2.09. The SMILES string of the molecule is CC(=O)CC1=N[C@](C)(c2cc(CC(C)=O)ccc2F)[C@@H]2C[C@]2(C#N)S1. The van der Waals surface area contributed by atoms with E-state index in [0.29, 0.717) is 17.0 Å². The van der Waals surface area contributed by atoms with Crippen molar-refractivity contribution in [2.24, 2.45) is 10.9 Å². The summed E-state index contributed by atoms with van der Waals surface area (Å²) in [5.41, 5.74) is 0.229. The molecule has 130 valence electrons. The van der Waals surface area contributed by atoms with E-state index in [1.54, 1.807) is 12.1 Å². The van der Waals surface area contributed by atoms with Crippen LogP contribution in [0, 0.1) is 23.1 Å². The molecule has 6 heteroatoms. The van der Waals surface area contributed by atoms with E-state index in [9.17, 15) is 19.2 Å². The number of Topliss-reactive ketones (excluding diaryl/α,β-unsaturated/α-hetero) is 2. The minimum Gasteiger partial charge on any atom is -0.300 e. The standard InChI is InChI=1S/C19H19FN2O2S/c1-11(23)6-13-4-5-15(20)14(8-13)18(3)16-9-19(16,10-21)25-17(22-18)7-12(2)24/h4-5,8,16H,6-7,9H2,1-3H3/t16-,18+,19+/m0/s1. The first kappa shape index (κ1) is 17.8. The van der Waals surface area contributed by atoms with Gasteiger partial charge in [0.1, 0.15) is 22.1 Å². The van der Waals surface area contributed by atoms with Gasteiger partial charge in [-0.3, -0.25) is 14.6 Å². The van der Waals surface area contributed by atoms with Crippen LogP contribution in [0.3, 0.4) is 0 Å². The summed E-state index contributed by atoms with van der Waals surface area (Å²) < 4.78 is 14.0. The second-order valence-corrected chi connectivity index (χ2v) is 8.49. The molecular formula is C19H19FN2O2S. The third kappa shape index (κ3) is 3.13. The second-order valence-electron chi connectivity index (χ2n) is 7.08. The van der Waals surface area contributed by atoms with Gasteiger partial charge in [0.05, 0.1) is 23.1 Å². The van der Waals surface area contributed by atoms with Crippen molar-refractivity contribution in [3.63, 3.8) is 0 Å². The maximum atomic E-state index is 14.6. The van der Waals surface area contributed by atoms with E-state index >= 15 is 0 Å². The summed E-state index contributed by atoms with van der Waals surface area (Å²) in [7, 11) is 0. The van der Waals surface area contributed by atoms with Crippen LogP contribution in [0.5, 0.6) is 0 Å². The van der Waals surface area contributed by atoms with E-state index < -0.39 is 16.1 Å². The Morgan fingerprint density at radius 3 is 2.64 bits per heavy atom. The Bertz CT molecular complexity index is 844. The molecule has 3 atom stereocenters. The molecule has 1 heterocycles. The van der Waals surface area contributed by atoms with E-state index in [-0.39, 0.29) is 30.3 Å². The summed E-state index contributed by atoms with van der Waals surface area (Å²) in [5.74, 6) is -0.536. The lowest BCUT2D eigenvalue weighted by molar-refractivity contribution is -0.117. The molecule has 1 aliphatic heterocycles. The zero-order valence-corrected chi connectivity index (χ0v) is 15.2. The van der Waals surface area contributed by atoms with Crippen molar-refractivity contribution in [3.8, 4) is 6.07 Å². The van der Waals surface area contributed by atoms with Crippen LogP contribution in [-0.2, 0) is 21.5 Å². The van der Waals surface area contributed by atoms with Crippen LogP contribution in [0.1, 0.15) is 44.7 Å². The normalized spacial score (nSPS) is 30.0. The highest BCUT2D eigenvalue weighted by atomic mass is 32.2. The molecule has 1 aromatic rings. The molecule has 1 fully saturated rings. The lowest BCUT2D eigenvalue weighted by atomic mass is 9.84. The number of carbonyl (C=O) groups is 2. The summed E-state index contributed by atoms with van der Waals surface area (Å²) >= 11 is 1.35. The zero-order chi connectivity index (χ0) is 18.4. The zero-order valence-electron chi connectivity index (χ0n) is 14.4. The van der Waals surface area contributed by atoms with Crippen molar-refractivity contribution >= 4 is 28.4 Å². The summed E-state index contributed by atoms with van der Waals surface area (Å²) in [5, 5.41) is 10.2. The molecule has 0 radical (unpaired) electrons. The van der Waals surface area contributed by atoms with Gasteiger partial charge in [0.25, 0.3) is 0 Å². The molecule has 0 unspecified atom stereocenters. The minimum absolute atomic E-state index is 0.000439. The average molecular weight is 358 g/mol. The highest BCUT2D eigenvalue weighted by molar-refractivity contribution is 8.15. The van der Waals surface area contributed by atoms with Gasteiger partial charge in [-0.05, 0) is 44.9 Å². The number of hydrogen-bond acceptors (Lipinski definition) is 5. The summed E-state index contributed by atoms with van der Waals surface area (Å²) in [6, 6.07) is 6.99. The minimum atomic E-state index is -0.900. The molecule has 1 aliphatic carbocycles. The largest absolute Gasteiger partial charge is 0.300 e. The highest BCUT2D eigenvalue weighted by Gasteiger charge is 2.67. The van der Waals surface area contributed by atoms with Crippen molar-refractivity contribution in [3.05, 3.63) is 35.1 Å². The van der Waals surface area contributed by atoms with E-state index in [1.807, 2.05) is 6.92 Å². The van der Waals surface area contributed by atoms with E-state index in [0.717, 1.165) is 5.56 Å². The number of nitrogens with zero attached hydrogens (tertiary/aromatic N) is 2. The first-order valence-corrected chi connectivity index (χ1v) is 8.98. The van der Waals surface area contributed by atoms with Gasteiger partial charge in [-0.1, -0.05) is 17.8 Å². The van der Waals surface area contributed by atoms with Crippen molar-refractivity contribution in [1.29, 1.82) is 5.26 Å². The van der Waals surface area contributed by atoms with Gasteiger partial charge in [-0.25, -0.2) is 4.39 Å². The molecule has 0 spiro atoms. The number of thioether (sulfide) groups is 1. The molecule has 0 amide bonds. The smallest absolute Gasteiger partial charge is 0.136 e. The molecule has 4 nitrogen and oxygen atoms in total. The van der Waals surface area contributed by atoms with Crippen LogP contribution < -0.4 is 0 Å². The van der Waals surface area contributed by atoms with Gasteiger partial charge in [0.15, 0.2) is 0 Å². The fraction of sp³-hybridized carbons (Fsp3) is 0.474. The van der Waals surface area contributed by atoms with Gasteiger partial charge >= 0.3 is 0 Å². The lowest BCUT2D eigenvalue weighted by Gasteiger charge is -2.33. The third-order valence-corrected chi connectivity index (χ3v) is 6.24. The van der Waals surface area contributed by atoms with Crippen LogP contribution in [0.25, 0.3) is 0 Å². The fourth-order valence-electron chi connectivity index (χ4n) is 3.62. The van der Waals surface area contributed by atoms with Gasteiger partial charge in [0.2, 0.25) is 0 Å². The molecule has 1 saturated carbocycles. The topological polar surface area (TPSA) is 70.3 Å². The number of rotatable bonds is 5. The Morgan fingerprint density at radius 2 is 2.04 bits per heavy atom. The first-order valence-electron chi connectivity index (χ1n) is 8.17. The highest BCUT2D eigenvalue weighted by Crippen LogP contribution is 2.66. The molecule has 0 saturated heterocycles. The Hall–Kier alpha value is -2.00. The molecule has 0 aromatic heterocycles. The van der Waals surface area contributed by atoms with Crippen molar-refractivity contribution < 1.29 is 14.0 Å². The van der Waals surface area contributed by atoms with Crippen LogP contribution in [0.4, 0.5) is 4.39 Å². The van der Waals surface area contributed by atoms with Crippen molar-refractivity contribution in [2.75, 3.05) is 0 Å². The van der Waals surface area contributed by atoms with Crippen LogP contribution in [0.15, 0.2) is 23.2 Å². The number of halogens is 1. The van der Waals surface area contributed by atoms with Gasteiger partial charge in [-0.2, -0.15) is 5.26 Å². The van der Waals surface area contributed by atoms with E-state index in [1.165, 1.54) is 31.7 Å². The lowest BCUT2D eigenvalue weighted by Crippen LogP contribution is -2.33. The summed E-state index contributed by atoms with van der Waals surface area (Å²) in [4.78, 5) is 27.6. The Labute approximate surface area is 150 Å². The number of carbonyl (C=O) groups excluding carboxylic acids is 2. The van der Waals surface area contributed by atoms with E-state index in [4.69, 9.17) is 4.99 Å². The summed E-state index contributed by atoms with van der Waals surface area (Å²) in [6.07, 6.45) is 1.01. The first-order chi connectivity index (χ1) is 11.7. The number of nitriles is 1. The maximum absolute atomic E-state index is 14.6. The molecule has 2 aliphatic rings. The van der Waals surface area contributed by atoms with Crippen LogP contribution >= 0.6 is 11.8 Å². The molecular weight excluding hydrogens is 339 g/mol. The molecule has 1 aromatic carbocycles. The number of fused-ring (bicyclic) bond motifs is 1. The maximum Gasteiger partial charge on any atom is 0.136 e. The molecule has 0 bridgehead atoms. The van der Waals surface area contributed by atoms with E-state index in [2.05, 4.69) is 6.07 Å². The van der Waals surface area contributed by atoms with Crippen LogP contribution in [0.2, 0.25) is 0 Å². The Kier molecular flexibility index (Phi) is 4.32. The molecule has 0 N–H and O–H groups in total. The molecule has 3 rings (SSSR count). The number of benzene rings is 1. The average Bonchev–Trinajstić information content (AvgIpc) is 3.24. The van der Waals surface area contributed by atoms with Crippen molar-refractivity contribution in [1.82, 2.24) is 0 Å². The number of ketones is 2. The number of aliphatic imine (C=N–C) groups is 1. The molecule has 25 heavy (non-hydrogen) atoms. The fourth-order valence-corrected chi connectivity index (χ4v) is 5.22. The van der Waals surface area contributed by atoms with Gasteiger partial charge < -0.3 is 0 Å². The monoisotopic (exact) mass is 358 g/mol. The van der Waals surface area contributed by atoms with Crippen molar-refractivity contribution in [2.45, 2.75) is 50.3 Å². The quantitative estimate of drug-likeness (QED) is 0.807. The predicted octanol–water partition coefficient (Wildman–Crippen LogP) is 3.58.